The molecule has 0 spiro atoms. The molecule has 3 N–H and O–H groups in total. The molecule has 0 fully saturated rings. The highest BCUT2D eigenvalue weighted by molar-refractivity contribution is 7.08. The lowest BCUT2D eigenvalue weighted by atomic mass is 10.0. The van der Waals surface area contributed by atoms with E-state index in [1.165, 1.54) is 11.6 Å². The number of hydrogen-bond donors (Lipinski definition) is 3. The maximum Gasteiger partial charge on any atom is 0.160 e. The third-order valence-electron chi connectivity index (χ3n) is 6.70. The zero-order valence-corrected chi connectivity index (χ0v) is 21.5. The highest BCUT2D eigenvalue weighted by atomic mass is 32.1. The number of nitrogens with one attached hydrogen (secondary N) is 3. The number of imidazole rings is 1. The van der Waals surface area contributed by atoms with E-state index in [9.17, 15) is 0 Å². The first-order valence-corrected chi connectivity index (χ1v) is 13.4. The third-order valence-corrected chi connectivity index (χ3v) is 7.38. The van der Waals surface area contributed by atoms with Crippen LogP contribution in [0.3, 0.4) is 0 Å². The average Bonchev–Trinajstić information content (AvgIpc) is 3.73. The number of aromatic nitrogens is 6. The lowest BCUT2D eigenvalue weighted by Crippen LogP contribution is -2.12. The van der Waals surface area contributed by atoms with Crippen molar-refractivity contribution in [3.05, 3.63) is 107 Å². The Morgan fingerprint density at radius 2 is 1.79 bits per heavy atom. The van der Waals surface area contributed by atoms with Crippen LogP contribution in [-0.2, 0) is 13.1 Å². The average molecular weight is 532 g/mol. The maximum absolute atomic E-state index is 15.3. The third kappa shape index (κ3) is 4.47. The molecule has 39 heavy (non-hydrogen) atoms. The van der Waals surface area contributed by atoms with Gasteiger partial charge in [0.2, 0.25) is 0 Å². The lowest BCUT2D eigenvalue weighted by Gasteiger charge is -2.08. The fourth-order valence-electron chi connectivity index (χ4n) is 4.79. The van der Waals surface area contributed by atoms with Gasteiger partial charge in [-0.3, -0.25) is 10.1 Å². The number of thiophene rings is 1. The molecule has 0 bridgehead atoms. The number of nitrogens with zero attached hydrogens (tertiary/aromatic N) is 4. The summed E-state index contributed by atoms with van der Waals surface area (Å²) in [4.78, 5) is 17.0. The van der Waals surface area contributed by atoms with Gasteiger partial charge in [0.15, 0.2) is 11.5 Å². The van der Waals surface area contributed by atoms with Crippen LogP contribution in [0, 0.1) is 5.82 Å². The van der Waals surface area contributed by atoms with Crippen molar-refractivity contribution in [1.82, 2.24) is 35.5 Å². The second kappa shape index (κ2) is 9.86. The Morgan fingerprint density at radius 3 is 2.67 bits per heavy atom. The number of H-pyrrole nitrogens is 2. The summed E-state index contributed by atoms with van der Waals surface area (Å²) >= 11 is 1.63. The predicted molar refractivity (Wildman–Crippen MR) is 152 cm³/mol. The van der Waals surface area contributed by atoms with Crippen molar-refractivity contribution < 1.29 is 4.39 Å². The number of aromatic amines is 2. The van der Waals surface area contributed by atoms with Gasteiger partial charge in [-0.15, -0.1) is 0 Å². The number of benzene rings is 2. The Kier molecular flexibility index (Phi) is 5.92. The number of hydrogen-bond acceptors (Lipinski definition) is 6. The van der Waals surface area contributed by atoms with Gasteiger partial charge in [0, 0.05) is 59.8 Å². The van der Waals surface area contributed by atoms with Gasteiger partial charge in [0.05, 0.1) is 5.52 Å². The fraction of sp³-hybridized carbons (Fsp3) is 0.0667. The first-order valence-electron chi connectivity index (χ1n) is 12.5. The molecule has 0 amide bonds. The molecule has 0 aliphatic carbocycles. The van der Waals surface area contributed by atoms with E-state index in [1.54, 1.807) is 29.9 Å². The minimum atomic E-state index is -0.347. The van der Waals surface area contributed by atoms with Gasteiger partial charge in [-0.2, -0.15) is 16.4 Å². The van der Waals surface area contributed by atoms with Crippen LogP contribution < -0.4 is 5.32 Å². The molecule has 0 aliphatic rings. The molecule has 0 unspecified atom stereocenters. The molecule has 0 saturated carbocycles. The topological polar surface area (TPSA) is 95.2 Å². The molecular formula is C30H22FN7S. The van der Waals surface area contributed by atoms with Crippen molar-refractivity contribution in [3.63, 3.8) is 0 Å². The largest absolute Gasteiger partial charge is 0.321 e. The molecule has 190 valence electrons. The molecule has 5 aromatic heterocycles. The van der Waals surface area contributed by atoms with Crippen LogP contribution in [0.15, 0.2) is 90.0 Å². The summed E-state index contributed by atoms with van der Waals surface area (Å²) in [5.74, 6) is 0.223. The Balaban J connectivity index is 1.23. The van der Waals surface area contributed by atoms with Crippen LogP contribution in [0.25, 0.3) is 55.8 Å². The van der Waals surface area contributed by atoms with Crippen LogP contribution >= 0.6 is 11.3 Å². The Labute approximate surface area is 226 Å². The molecule has 0 aliphatic heterocycles. The first kappa shape index (κ1) is 23.4. The Morgan fingerprint density at radius 1 is 0.897 bits per heavy atom. The minimum Gasteiger partial charge on any atom is -0.321 e. The molecule has 7 nitrogen and oxygen atoms in total. The summed E-state index contributed by atoms with van der Waals surface area (Å²) in [6.45, 7) is 1.36. The van der Waals surface area contributed by atoms with Crippen LogP contribution in [0.4, 0.5) is 4.39 Å². The van der Waals surface area contributed by atoms with E-state index < -0.39 is 0 Å². The summed E-state index contributed by atoms with van der Waals surface area (Å²) in [5, 5.41) is 15.7. The molecule has 0 radical (unpaired) electrons. The predicted octanol–water partition coefficient (Wildman–Crippen LogP) is 6.72. The number of halogens is 1. The molecular weight excluding hydrogens is 509 g/mol. The number of pyridine rings is 2. The molecule has 7 aromatic rings. The van der Waals surface area contributed by atoms with E-state index in [0.717, 1.165) is 34.1 Å². The Bertz CT molecular complexity index is 1910. The number of fused-ring (bicyclic) bond motifs is 2. The van der Waals surface area contributed by atoms with Gasteiger partial charge < -0.3 is 10.3 Å². The van der Waals surface area contributed by atoms with E-state index in [2.05, 4.69) is 54.0 Å². The zero-order valence-electron chi connectivity index (χ0n) is 20.6. The van der Waals surface area contributed by atoms with Crippen molar-refractivity contribution in [1.29, 1.82) is 0 Å². The van der Waals surface area contributed by atoms with Crippen molar-refractivity contribution in [2.75, 3.05) is 0 Å². The summed E-state index contributed by atoms with van der Waals surface area (Å²) in [6.07, 6.45) is 5.25. The van der Waals surface area contributed by atoms with E-state index in [-0.39, 0.29) is 5.82 Å². The van der Waals surface area contributed by atoms with Crippen LogP contribution in [0.2, 0.25) is 0 Å². The highest BCUT2D eigenvalue weighted by Crippen LogP contribution is 2.34. The number of rotatable bonds is 7. The van der Waals surface area contributed by atoms with Gasteiger partial charge >= 0.3 is 0 Å². The summed E-state index contributed by atoms with van der Waals surface area (Å²) in [7, 11) is 0. The summed E-state index contributed by atoms with van der Waals surface area (Å²) in [5.41, 5.74) is 8.05. The van der Waals surface area contributed by atoms with Crippen molar-refractivity contribution in [2.24, 2.45) is 0 Å². The van der Waals surface area contributed by atoms with E-state index >= 15 is 4.39 Å². The highest BCUT2D eigenvalue weighted by Gasteiger charge is 2.18. The van der Waals surface area contributed by atoms with Gasteiger partial charge in [-0.25, -0.2) is 14.4 Å². The maximum atomic E-state index is 15.3. The molecule has 5 heterocycles. The second-order valence-electron chi connectivity index (χ2n) is 9.27. The summed E-state index contributed by atoms with van der Waals surface area (Å²) < 4.78 is 15.3. The lowest BCUT2D eigenvalue weighted by molar-refractivity contribution is 0.632. The quantitative estimate of drug-likeness (QED) is 0.212. The first-order chi connectivity index (χ1) is 19.2. The van der Waals surface area contributed by atoms with Gasteiger partial charge in [-0.05, 0) is 51.7 Å². The molecule has 0 saturated heterocycles. The van der Waals surface area contributed by atoms with Crippen LogP contribution in [0.5, 0.6) is 0 Å². The zero-order chi connectivity index (χ0) is 26.2. The molecule has 0 atom stereocenters. The second-order valence-corrected chi connectivity index (χ2v) is 10.1. The van der Waals surface area contributed by atoms with Gasteiger partial charge in [-0.1, -0.05) is 30.3 Å². The van der Waals surface area contributed by atoms with E-state index in [4.69, 9.17) is 4.98 Å². The van der Waals surface area contributed by atoms with Crippen LogP contribution in [0.1, 0.15) is 11.1 Å². The van der Waals surface area contributed by atoms with Gasteiger partial charge in [0.1, 0.15) is 17.0 Å². The normalized spacial score (nSPS) is 11.5. The molecule has 9 heteroatoms. The standard InChI is InChI=1S/C30H22FN7S/c31-25-12-26-24(11-23(25)21-10-19(15-33-16-21)14-32-13-18-4-2-1-3-5-18)28(38-37-26)30-35-27-22(20-7-9-39-17-20)6-8-34-29(27)36-30/h1-12,15-17,32H,13-14H2,(H,37,38)(H,34,35,36). The monoisotopic (exact) mass is 531 g/mol. The van der Waals surface area contributed by atoms with Crippen molar-refractivity contribution >= 4 is 33.4 Å². The fourth-order valence-corrected chi connectivity index (χ4v) is 5.45. The van der Waals surface area contributed by atoms with E-state index in [0.29, 0.717) is 40.4 Å². The molecule has 2 aromatic carbocycles. The van der Waals surface area contributed by atoms with E-state index in [1.807, 2.05) is 41.8 Å². The van der Waals surface area contributed by atoms with Crippen molar-refractivity contribution in [3.8, 4) is 33.8 Å². The van der Waals surface area contributed by atoms with Crippen molar-refractivity contribution in [2.45, 2.75) is 13.1 Å². The minimum absolute atomic E-state index is 0.347. The van der Waals surface area contributed by atoms with Crippen LogP contribution in [-0.4, -0.2) is 30.1 Å². The van der Waals surface area contributed by atoms with Gasteiger partial charge in [0.25, 0.3) is 0 Å². The SMILES string of the molecule is Fc1cc2[nH]nc(-c3nc4c(-c5ccsc5)ccnc4[nH]3)c2cc1-c1cncc(CNCc2ccccc2)c1. The molecule has 7 rings (SSSR count). The summed E-state index contributed by atoms with van der Waals surface area (Å²) in [6, 6.07) is 19.5. The Hall–Kier alpha value is -4.73. The smallest absolute Gasteiger partial charge is 0.160 e.